The van der Waals surface area contributed by atoms with Crippen molar-refractivity contribution in [2.24, 2.45) is 0 Å². The van der Waals surface area contributed by atoms with Crippen molar-refractivity contribution in [3.05, 3.63) is 70.1 Å². The first-order chi connectivity index (χ1) is 12.5. The summed E-state index contributed by atoms with van der Waals surface area (Å²) in [6.45, 7) is 0. The van der Waals surface area contributed by atoms with Gasteiger partial charge in [-0.25, -0.2) is 4.79 Å². The summed E-state index contributed by atoms with van der Waals surface area (Å²) in [5.74, 6) is -2.03. The molecule has 132 valence electrons. The average molecular weight is 351 g/mol. The predicted octanol–water partition coefficient (Wildman–Crippen LogP) is 3.30. The van der Waals surface area contributed by atoms with Crippen molar-refractivity contribution in [1.82, 2.24) is 4.98 Å². The zero-order valence-corrected chi connectivity index (χ0v) is 13.9. The van der Waals surface area contributed by atoms with Gasteiger partial charge < -0.3 is 15.2 Å². The Hall–Kier alpha value is -3.41. The summed E-state index contributed by atoms with van der Waals surface area (Å²) in [6, 6.07) is 14.2. The number of carboxylic acid groups (broad SMARTS) is 2. The number of fused-ring (bicyclic) bond motifs is 1. The molecular weight excluding hydrogens is 334 g/mol. The highest BCUT2D eigenvalue weighted by Gasteiger charge is 2.18. The average Bonchev–Trinajstić information content (AvgIpc) is 2.62. The van der Waals surface area contributed by atoms with Gasteiger partial charge in [-0.3, -0.25) is 9.59 Å². The summed E-state index contributed by atoms with van der Waals surface area (Å²) in [4.78, 5) is 36.8. The number of hydrogen-bond donors (Lipinski definition) is 3. The zero-order valence-electron chi connectivity index (χ0n) is 13.9. The molecule has 0 aliphatic carbocycles. The van der Waals surface area contributed by atoms with Crippen LogP contribution in [0.4, 0.5) is 0 Å². The standard InChI is InChI=1S/C20H17NO5/c22-16(23)7-3-4-12-8-10-13(11-9-12)17-14-5-1-2-6-15(14)19(24)21-18(17)20(25)26/h1-2,5-6,8-11H,3-4,7H2,(H,21,24)(H,22,23)(H,25,26). The monoisotopic (exact) mass is 351 g/mol. The van der Waals surface area contributed by atoms with Crippen molar-refractivity contribution in [3.8, 4) is 11.1 Å². The van der Waals surface area contributed by atoms with Crippen LogP contribution in [0.2, 0.25) is 0 Å². The van der Waals surface area contributed by atoms with Crippen LogP contribution < -0.4 is 5.56 Å². The van der Waals surface area contributed by atoms with Gasteiger partial charge in [-0.05, 0) is 35.4 Å². The fraction of sp³-hybridized carbons (Fsp3) is 0.150. The number of aromatic nitrogens is 1. The van der Waals surface area contributed by atoms with Gasteiger partial charge in [0.1, 0.15) is 5.69 Å². The minimum atomic E-state index is -1.20. The number of carbonyl (C=O) groups is 2. The van der Waals surface area contributed by atoms with E-state index >= 15 is 0 Å². The molecule has 26 heavy (non-hydrogen) atoms. The van der Waals surface area contributed by atoms with E-state index in [2.05, 4.69) is 4.98 Å². The molecular formula is C20H17NO5. The fourth-order valence-electron chi connectivity index (χ4n) is 3.02. The minimum absolute atomic E-state index is 0.107. The molecule has 0 aliphatic rings. The molecule has 0 radical (unpaired) electrons. The Morgan fingerprint density at radius 2 is 1.58 bits per heavy atom. The van der Waals surface area contributed by atoms with Gasteiger partial charge in [-0.15, -0.1) is 0 Å². The number of nitrogens with one attached hydrogen (secondary N) is 1. The van der Waals surface area contributed by atoms with Gasteiger partial charge in [0.15, 0.2) is 0 Å². The Bertz CT molecular complexity index is 1030. The zero-order chi connectivity index (χ0) is 18.7. The van der Waals surface area contributed by atoms with E-state index in [1.54, 1.807) is 36.4 Å². The van der Waals surface area contributed by atoms with Crippen LogP contribution >= 0.6 is 0 Å². The van der Waals surface area contributed by atoms with E-state index in [0.717, 1.165) is 5.56 Å². The molecule has 0 atom stereocenters. The summed E-state index contributed by atoms with van der Waals surface area (Å²) in [5, 5.41) is 19.2. The molecule has 3 rings (SSSR count). The Kier molecular flexibility index (Phi) is 4.84. The molecule has 0 bridgehead atoms. The Balaban J connectivity index is 2.06. The molecule has 0 unspecified atom stereocenters. The third kappa shape index (κ3) is 3.49. The second-order valence-corrected chi connectivity index (χ2v) is 6.00. The maximum atomic E-state index is 12.1. The maximum absolute atomic E-state index is 12.1. The lowest BCUT2D eigenvalue weighted by Gasteiger charge is -2.11. The molecule has 0 saturated heterocycles. The lowest BCUT2D eigenvalue weighted by Crippen LogP contribution is -2.15. The van der Waals surface area contributed by atoms with Gasteiger partial charge in [0.05, 0.1) is 0 Å². The first-order valence-electron chi connectivity index (χ1n) is 8.17. The van der Waals surface area contributed by atoms with Crippen molar-refractivity contribution in [2.75, 3.05) is 0 Å². The third-order valence-corrected chi connectivity index (χ3v) is 4.24. The molecule has 3 aromatic rings. The highest BCUT2D eigenvalue weighted by molar-refractivity contribution is 6.05. The number of hydrogen-bond acceptors (Lipinski definition) is 3. The quantitative estimate of drug-likeness (QED) is 0.631. The van der Waals surface area contributed by atoms with Crippen molar-refractivity contribution in [2.45, 2.75) is 19.3 Å². The lowest BCUT2D eigenvalue weighted by atomic mass is 9.95. The summed E-state index contributed by atoms with van der Waals surface area (Å²) in [7, 11) is 0. The Labute approximate surface area is 148 Å². The Morgan fingerprint density at radius 3 is 2.19 bits per heavy atom. The fourth-order valence-corrected chi connectivity index (χ4v) is 3.02. The smallest absolute Gasteiger partial charge is 0.353 e. The van der Waals surface area contributed by atoms with Crippen LogP contribution in [0.5, 0.6) is 0 Å². The predicted molar refractivity (Wildman–Crippen MR) is 97.5 cm³/mol. The molecule has 0 aliphatic heterocycles. The van der Waals surface area contributed by atoms with Gasteiger partial charge in [0, 0.05) is 17.4 Å². The minimum Gasteiger partial charge on any atom is -0.481 e. The Morgan fingerprint density at radius 1 is 0.923 bits per heavy atom. The molecule has 3 N–H and O–H groups in total. The van der Waals surface area contributed by atoms with Crippen LogP contribution in [0.25, 0.3) is 21.9 Å². The van der Waals surface area contributed by atoms with Crippen LogP contribution in [0.3, 0.4) is 0 Å². The second kappa shape index (κ2) is 7.23. The van der Waals surface area contributed by atoms with E-state index in [4.69, 9.17) is 5.11 Å². The first kappa shape index (κ1) is 17.4. The van der Waals surface area contributed by atoms with E-state index in [9.17, 15) is 19.5 Å². The van der Waals surface area contributed by atoms with E-state index in [1.807, 2.05) is 12.1 Å². The second-order valence-electron chi connectivity index (χ2n) is 6.00. The number of pyridine rings is 1. The van der Waals surface area contributed by atoms with Gasteiger partial charge in [-0.1, -0.05) is 42.5 Å². The van der Waals surface area contributed by atoms with Crippen molar-refractivity contribution >= 4 is 22.7 Å². The summed E-state index contributed by atoms with van der Waals surface area (Å²) in [5.41, 5.74) is 1.53. The van der Waals surface area contributed by atoms with Crippen molar-refractivity contribution in [3.63, 3.8) is 0 Å². The molecule has 6 nitrogen and oxygen atoms in total. The number of aromatic amines is 1. The number of benzene rings is 2. The molecule has 1 heterocycles. The maximum Gasteiger partial charge on any atom is 0.353 e. The molecule has 6 heteroatoms. The molecule has 0 amide bonds. The molecule has 1 aromatic heterocycles. The van der Waals surface area contributed by atoms with E-state index in [0.29, 0.717) is 34.7 Å². The molecule has 0 fully saturated rings. The number of aliphatic carboxylic acids is 1. The number of aromatic carboxylic acids is 1. The number of carboxylic acids is 2. The number of aryl methyl sites for hydroxylation is 1. The largest absolute Gasteiger partial charge is 0.481 e. The van der Waals surface area contributed by atoms with E-state index in [-0.39, 0.29) is 12.1 Å². The topological polar surface area (TPSA) is 107 Å². The summed E-state index contributed by atoms with van der Waals surface area (Å²) >= 11 is 0. The van der Waals surface area contributed by atoms with Crippen LogP contribution in [-0.2, 0) is 11.2 Å². The number of rotatable bonds is 6. The lowest BCUT2D eigenvalue weighted by molar-refractivity contribution is -0.137. The van der Waals surface area contributed by atoms with Gasteiger partial charge in [0.25, 0.3) is 5.56 Å². The van der Waals surface area contributed by atoms with Crippen LogP contribution in [-0.4, -0.2) is 27.1 Å². The molecule has 0 saturated carbocycles. The summed E-state index contributed by atoms with van der Waals surface area (Å²) < 4.78 is 0. The van der Waals surface area contributed by atoms with Crippen LogP contribution in [0.15, 0.2) is 53.3 Å². The van der Waals surface area contributed by atoms with Gasteiger partial charge in [-0.2, -0.15) is 0 Å². The van der Waals surface area contributed by atoms with E-state index < -0.39 is 17.5 Å². The van der Waals surface area contributed by atoms with E-state index in [1.165, 1.54) is 0 Å². The normalized spacial score (nSPS) is 10.8. The highest BCUT2D eigenvalue weighted by atomic mass is 16.4. The highest BCUT2D eigenvalue weighted by Crippen LogP contribution is 2.30. The van der Waals surface area contributed by atoms with Crippen LogP contribution in [0, 0.1) is 0 Å². The number of H-pyrrole nitrogens is 1. The van der Waals surface area contributed by atoms with Gasteiger partial charge in [0.2, 0.25) is 0 Å². The molecule has 2 aromatic carbocycles. The van der Waals surface area contributed by atoms with Gasteiger partial charge >= 0.3 is 11.9 Å². The SMILES string of the molecule is O=C(O)CCCc1ccc(-c2c(C(=O)O)[nH]c(=O)c3ccccc23)cc1. The summed E-state index contributed by atoms with van der Waals surface area (Å²) in [6.07, 6.45) is 1.27. The third-order valence-electron chi connectivity index (χ3n) is 4.24. The van der Waals surface area contributed by atoms with Crippen molar-refractivity contribution in [1.29, 1.82) is 0 Å². The first-order valence-corrected chi connectivity index (χ1v) is 8.17. The van der Waals surface area contributed by atoms with Crippen LogP contribution in [0.1, 0.15) is 28.9 Å². The van der Waals surface area contributed by atoms with Crippen molar-refractivity contribution < 1.29 is 19.8 Å². The molecule has 0 spiro atoms.